The van der Waals surface area contributed by atoms with Crippen LogP contribution in [0.15, 0.2) is 0 Å². The number of nitriles is 1. The highest BCUT2D eigenvalue weighted by Gasteiger charge is 2.11. The van der Waals surface area contributed by atoms with Gasteiger partial charge >= 0.3 is 0 Å². The summed E-state index contributed by atoms with van der Waals surface area (Å²) in [5.41, 5.74) is 5.90. The number of rotatable bonds is 2. The van der Waals surface area contributed by atoms with Crippen LogP contribution < -0.4 is 11.1 Å². The van der Waals surface area contributed by atoms with Crippen LogP contribution in [-0.2, 0) is 7.05 Å². The number of hydrogen-bond acceptors (Lipinski definition) is 4. The third kappa shape index (κ3) is 1.19. The van der Waals surface area contributed by atoms with Gasteiger partial charge in [0, 0.05) is 13.6 Å². The number of aromatic nitrogens is 2. The Morgan fingerprint density at radius 1 is 1.75 bits per heavy atom. The van der Waals surface area contributed by atoms with Crippen LogP contribution in [0, 0.1) is 11.3 Å². The van der Waals surface area contributed by atoms with Crippen molar-refractivity contribution in [3.05, 3.63) is 5.56 Å². The Morgan fingerprint density at radius 3 is 2.92 bits per heavy atom. The van der Waals surface area contributed by atoms with Gasteiger partial charge in [-0.25, -0.2) is 4.68 Å². The van der Waals surface area contributed by atoms with E-state index in [1.54, 1.807) is 11.7 Å². The summed E-state index contributed by atoms with van der Waals surface area (Å²) >= 11 is 0. The molecule has 0 aliphatic rings. The molecule has 0 saturated heterocycles. The van der Waals surface area contributed by atoms with Gasteiger partial charge in [0.25, 0.3) is 0 Å². The number of nitrogens with two attached hydrogens (primary N) is 1. The van der Waals surface area contributed by atoms with E-state index in [0.29, 0.717) is 11.4 Å². The van der Waals surface area contributed by atoms with E-state index in [0.717, 1.165) is 6.54 Å². The van der Waals surface area contributed by atoms with Gasteiger partial charge in [-0.2, -0.15) is 10.4 Å². The fraction of sp³-hybridized carbons (Fsp3) is 0.429. The lowest BCUT2D eigenvalue weighted by molar-refractivity contribution is 0.775. The van der Waals surface area contributed by atoms with Crippen molar-refractivity contribution in [2.75, 3.05) is 17.6 Å². The van der Waals surface area contributed by atoms with Crippen molar-refractivity contribution in [3.63, 3.8) is 0 Å². The monoisotopic (exact) mass is 165 g/mol. The predicted octanol–water partition coefficient (Wildman–Crippen LogP) is 0.306. The summed E-state index contributed by atoms with van der Waals surface area (Å²) in [5.74, 6) is 0.952. The van der Waals surface area contributed by atoms with Crippen LogP contribution in [0.5, 0.6) is 0 Å². The molecule has 64 valence electrons. The van der Waals surface area contributed by atoms with E-state index in [4.69, 9.17) is 11.0 Å². The highest BCUT2D eigenvalue weighted by Crippen LogP contribution is 2.18. The number of nitrogens with zero attached hydrogens (tertiary/aromatic N) is 3. The maximum Gasteiger partial charge on any atom is 0.165 e. The third-order valence-electron chi connectivity index (χ3n) is 1.53. The van der Waals surface area contributed by atoms with Crippen molar-refractivity contribution in [1.82, 2.24) is 9.78 Å². The lowest BCUT2D eigenvalue weighted by Gasteiger charge is -2.01. The van der Waals surface area contributed by atoms with Crippen molar-refractivity contribution in [2.24, 2.45) is 7.05 Å². The molecule has 1 aromatic rings. The van der Waals surface area contributed by atoms with Crippen LogP contribution >= 0.6 is 0 Å². The molecule has 0 radical (unpaired) electrons. The van der Waals surface area contributed by atoms with Crippen LogP contribution in [-0.4, -0.2) is 16.3 Å². The van der Waals surface area contributed by atoms with Gasteiger partial charge in [0.15, 0.2) is 5.82 Å². The van der Waals surface area contributed by atoms with Crippen molar-refractivity contribution in [2.45, 2.75) is 6.92 Å². The first-order valence-corrected chi connectivity index (χ1v) is 3.67. The molecule has 0 bridgehead atoms. The third-order valence-corrected chi connectivity index (χ3v) is 1.53. The van der Waals surface area contributed by atoms with Gasteiger partial charge < -0.3 is 11.1 Å². The van der Waals surface area contributed by atoms with Gasteiger partial charge in [-0.05, 0) is 6.92 Å². The molecule has 3 N–H and O–H groups in total. The second-order valence-electron chi connectivity index (χ2n) is 2.37. The van der Waals surface area contributed by atoms with Crippen molar-refractivity contribution >= 4 is 11.6 Å². The first-order chi connectivity index (χ1) is 5.70. The summed E-state index contributed by atoms with van der Waals surface area (Å²) in [6.45, 7) is 2.69. The smallest absolute Gasteiger partial charge is 0.165 e. The molecule has 1 heterocycles. The second-order valence-corrected chi connectivity index (χ2v) is 2.37. The molecule has 1 aromatic heterocycles. The van der Waals surface area contributed by atoms with Crippen LogP contribution in [0.2, 0.25) is 0 Å². The number of nitrogen functional groups attached to an aromatic ring is 1. The lowest BCUT2D eigenvalue weighted by Crippen LogP contribution is -2.04. The van der Waals surface area contributed by atoms with E-state index in [1.165, 1.54) is 0 Å². The van der Waals surface area contributed by atoms with Crippen molar-refractivity contribution in [1.29, 1.82) is 5.26 Å². The first kappa shape index (κ1) is 8.40. The van der Waals surface area contributed by atoms with Crippen LogP contribution in [0.3, 0.4) is 0 Å². The largest absolute Gasteiger partial charge is 0.381 e. The molecule has 0 fully saturated rings. The van der Waals surface area contributed by atoms with Gasteiger partial charge in [0.05, 0.1) is 0 Å². The summed E-state index contributed by atoms with van der Waals surface area (Å²) in [4.78, 5) is 0. The van der Waals surface area contributed by atoms with E-state index in [1.807, 2.05) is 13.0 Å². The summed E-state index contributed by atoms with van der Waals surface area (Å²) < 4.78 is 1.57. The molecule has 1 rings (SSSR count). The Hall–Kier alpha value is -1.70. The average Bonchev–Trinajstić information content (AvgIpc) is 2.28. The molecule has 0 unspecified atom stereocenters. The highest BCUT2D eigenvalue weighted by atomic mass is 15.3. The zero-order chi connectivity index (χ0) is 9.14. The molecule has 0 aromatic carbocycles. The molecule has 0 spiro atoms. The maximum absolute atomic E-state index is 8.72. The number of anilines is 2. The SMILES string of the molecule is CCNc1c(C#N)c(N)nn1C. The summed E-state index contributed by atoms with van der Waals surface area (Å²) in [6, 6.07) is 2.00. The van der Waals surface area contributed by atoms with E-state index in [9.17, 15) is 0 Å². The van der Waals surface area contributed by atoms with Gasteiger partial charge in [-0.15, -0.1) is 0 Å². The van der Waals surface area contributed by atoms with Crippen LogP contribution in [0.4, 0.5) is 11.6 Å². The second kappa shape index (κ2) is 3.13. The Bertz CT molecular complexity index is 319. The summed E-state index contributed by atoms with van der Waals surface area (Å²) in [6.07, 6.45) is 0. The van der Waals surface area contributed by atoms with Crippen molar-refractivity contribution in [3.8, 4) is 6.07 Å². The molecule has 12 heavy (non-hydrogen) atoms. The standard InChI is InChI=1S/C7H11N5/c1-3-10-7-5(4-8)6(9)11-12(7)2/h10H,3H2,1-2H3,(H2,9,11). The Balaban J connectivity index is 3.16. The van der Waals surface area contributed by atoms with Gasteiger partial charge in [-0.1, -0.05) is 0 Å². The molecular weight excluding hydrogens is 154 g/mol. The normalized spacial score (nSPS) is 9.42. The molecule has 0 atom stereocenters. The molecular formula is C7H11N5. The Labute approximate surface area is 70.8 Å². The Kier molecular flexibility index (Phi) is 2.19. The molecule has 0 saturated carbocycles. The van der Waals surface area contributed by atoms with E-state index < -0.39 is 0 Å². The summed E-state index contributed by atoms with van der Waals surface area (Å²) in [7, 11) is 1.75. The molecule has 0 amide bonds. The predicted molar refractivity (Wildman–Crippen MR) is 46.5 cm³/mol. The van der Waals surface area contributed by atoms with E-state index in [2.05, 4.69) is 10.4 Å². The molecule has 5 nitrogen and oxygen atoms in total. The van der Waals surface area contributed by atoms with Crippen LogP contribution in [0.1, 0.15) is 12.5 Å². The zero-order valence-electron chi connectivity index (χ0n) is 7.13. The lowest BCUT2D eigenvalue weighted by atomic mass is 10.3. The minimum absolute atomic E-state index is 0.274. The molecule has 0 aliphatic heterocycles. The van der Waals surface area contributed by atoms with Crippen molar-refractivity contribution < 1.29 is 0 Å². The number of nitrogens with one attached hydrogen (secondary N) is 1. The highest BCUT2D eigenvalue weighted by molar-refractivity contribution is 5.63. The topological polar surface area (TPSA) is 79.7 Å². The Morgan fingerprint density at radius 2 is 2.42 bits per heavy atom. The van der Waals surface area contributed by atoms with Gasteiger partial charge in [0.1, 0.15) is 17.5 Å². The number of aryl methyl sites for hydroxylation is 1. The average molecular weight is 165 g/mol. The minimum atomic E-state index is 0.274. The molecule has 0 aliphatic carbocycles. The quantitative estimate of drug-likeness (QED) is 0.660. The van der Waals surface area contributed by atoms with E-state index in [-0.39, 0.29) is 5.82 Å². The van der Waals surface area contributed by atoms with Gasteiger partial charge in [0.2, 0.25) is 0 Å². The fourth-order valence-corrected chi connectivity index (χ4v) is 1.03. The first-order valence-electron chi connectivity index (χ1n) is 3.67. The van der Waals surface area contributed by atoms with E-state index >= 15 is 0 Å². The zero-order valence-corrected chi connectivity index (χ0v) is 7.13. The van der Waals surface area contributed by atoms with Crippen LogP contribution in [0.25, 0.3) is 0 Å². The fourth-order valence-electron chi connectivity index (χ4n) is 1.03. The summed E-state index contributed by atoms with van der Waals surface area (Å²) in [5, 5.41) is 15.6. The molecule has 5 heteroatoms. The minimum Gasteiger partial charge on any atom is -0.381 e. The number of hydrogen-bond donors (Lipinski definition) is 2. The van der Waals surface area contributed by atoms with Gasteiger partial charge in [-0.3, -0.25) is 0 Å². The maximum atomic E-state index is 8.72.